The highest BCUT2D eigenvalue weighted by Crippen LogP contribution is 2.31. The first kappa shape index (κ1) is 21.4. The highest BCUT2D eigenvalue weighted by molar-refractivity contribution is 6.13. The van der Waals surface area contributed by atoms with Crippen molar-refractivity contribution >= 4 is 23.9 Å². The third-order valence-corrected chi connectivity index (χ3v) is 3.58. The van der Waals surface area contributed by atoms with Crippen LogP contribution in [-0.4, -0.2) is 45.8 Å². The summed E-state index contributed by atoms with van der Waals surface area (Å²) in [6.07, 6.45) is 3.16. The van der Waals surface area contributed by atoms with Gasteiger partial charge in [0.1, 0.15) is 6.61 Å². The van der Waals surface area contributed by atoms with Crippen molar-refractivity contribution in [2.45, 2.75) is 12.8 Å². The van der Waals surface area contributed by atoms with Crippen molar-refractivity contribution in [2.24, 2.45) is 0 Å². The molecule has 142 valence electrons. The lowest BCUT2D eigenvalue weighted by Gasteiger charge is -2.20. The fraction of sp³-hybridized carbons (Fsp3) is 0.158. The average molecular weight is 374 g/mol. The van der Waals surface area contributed by atoms with Gasteiger partial charge in [-0.25, -0.2) is 19.2 Å². The highest BCUT2D eigenvalue weighted by Gasteiger charge is 2.35. The van der Waals surface area contributed by atoms with Crippen LogP contribution < -0.4 is 0 Å². The predicted molar refractivity (Wildman–Crippen MR) is 95.6 cm³/mol. The molecule has 0 amide bonds. The third-order valence-electron chi connectivity index (χ3n) is 3.58. The van der Waals surface area contributed by atoms with E-state index in [9.17, 15) is 34.5 Å². The SMILES string of the molecule is C=CCOC(=O)c1c(CC=C)c(C(=O)O)c(C(=O)O)c(CC=C)c1C(=O)O. The molecule has 0 saturated carbocycles. The molecule has 0 aliphatic carbocycles. The lowest BCUT2D eigenvalue weighted by atomic mass is 9.83. The van der Waals surface area contributed by atoms with Crippen molar-refractivity contribution in [3.05, 3.63) is 71.3 Å². The predicted octanol–water partition coefficient (Wildman–Crippen LogP) is 2.58. The molecule has 0 saturated heterocycles. The zero-order chi connectivity index (χ0) is 20.7. The van der Waals surface area contributed by atoms with E-state index in [1.165, 1.54) is 18.2 Å². The van der Waals surface area contributed by atoms with Crippen LogP contribution in [0.15, 0.2) is 38.0 Å². The summed E-state index contributed by atoms with van der Waals surface area (Å²) in [5, 5.41) is 28.8. The van der Waals surface area contributed by atoms with Crippen molar-refractivity contribution in [3.8, 4) is 0 Å². The number of carbonyl (C=O) groups excluding carboxylic acids is 1. The average Bonchev–Trinajstić information content (AvgIpc) is 2.59. The van der Waals surface area contributed by atoms with E-state index in [4.69, 9.17) is 4.74 Å². The molecule has 0 radical (unpaired) electrons. The minimum atomic E-state index is -1.64. The van der Waals surface area contributed by atoms with Gasteiger partial charge in [0.05, 0.1) is 22.3 Å². The summed E-state index contributed by atoms with van der Waals surface area (Å²) in [7, 11) is 0. The summed E-state index contributed by atoms with van der Waals surface area (Å²) >= 11 is 0. The van der Waals surface area contributed by atoms with Crippen LogP contribution in [-0.2, 0) is 17.6 Å². The van der Waals surface area contributed by atoms with Crippen molar-refractivity contribution < 1.29 is 39.2 Å². The molecule has 3 N–H and O–H groups in total. The molecule has 0 fully saturated rings. The van der Waals surface area contributed by atoms with Crippen LogP contribution in [0.1, 0.15) is 52.6 Å². The molecule has 0 spiro atoms. The number of esters is 1. The van der Waals surface area contributed by atoms with Gasteiger partial charge in [-0.3, -0.25) is 0 Å². The minimum absolute atomic E-state index is 0.245. The Morgan fingerprint density at radius 1 is 0.704 bits per heavy atom. The standard InChI is InChI=1S/C19H18O8/c1-4-7-10-12(16(20)21)13(17(22)23)11(8-5-2)15(14(10)18(24)25)19(26)27-9-6-3/h4-6H,1-3,7-9H2,(H,20,21)(H,22,23)(H,24,25). The third kappa shape index (κ3) is 4.30. The molecule has 1 aromatic carbocycles. The summed E-state index contributed by atoms with van der Waals surface area (Å²) in [5.41, 5.74) is -3.20. The van der Waals surface area contributed by atoms with Gasteiger partial charge in [0.2, 0.25) is 0 Å². The fourth-order valence-electron chi connectivity index (χ4n) is 2.69. The molecule has 0 aromatic heterocycles. The summed E-state index contributed by atoms with van der Waals surface area (Å²) in [4.78, 5) is 48.0. The molecule has 0 aliphatic heterocycles. The van der Waals surface area contributed by atoms with E-state index in [0.717, 1.165) is 0 Å². The molecular formula is C19H18O8. The second-order valence-corrected chi connectivity index (χ2v) is 5.25. The highest BCUT2D eigenvalue weighted by atomic mass is 16.5. The zero-order valence-corrected chi connectivity index (χ0v) is 14.4. The first-order chi connectivity index (χ1) is 12.7. The molecule has 0 unspecified atom stereocenters. The van der Waals surface area contributed by atoms with Crippen LogP contribution in [0.5, 0.6) is 0 Å². The topological polar surface area (TPSA) is 138 Å². The van der Waals surface area contributed by atoms with Crippen LogP contribution in [0.2, 0.25) is 0 Å². The number of aromatic carboxylic acids is 3. The van der Waals surface area contributed by atoms with E-state index in [-0.39, 0.29) is 30.6 Å². The molecule has 8 heteroatoms. The van der Waals surface area contributed by atoms with Gasteiger partial charge < -0.3 is 20.1 Å². The van der Waals surface area contributed by atoms with Crippen LogP contribution in [0, 0.1) is 0 Å². The van der Waals surface area contributed by atoms with Gasteiger partial charge in [-0.05, 0) is 24.0 Å². The number of carboxylic acid groups (broad SMARTS) is 3. The van der Waals surface area contributed by atoms with Crippen molar-refractivity contribution in [1.29, 1.82) is 0 Å². The second kappa shape index (κ2) is 9.14. The van der Waals surface area contributed by atoms with Gasteiger partial charge in [0.15, 0.2) is 0 Å². The van der Waals surface area contributed by atoms with Crippen LogP contribution in [0.4, 0.5) is 0 Å². The van der Waals surface area contributed by atoms with Gasteiger partial charge in [-0.2, -0.15) is 0 Å². The Morgan fingerprint density at radius 2 is 1.07 bits per heavy atom. The lowest BCUT2D eigenvalue weighted by molar-refractivity contribution is 0.0533. The molecule has 1 aromatic rings. The Balaban J connectivity index is 4.21. The van der Waals surface area contributed by atoms with Crippen molar-refractivity contribution in [2.75, 3.05) is 6.61 Å². The maximum absolute atomic E-state index is 12.5. The van der Waals surface area contributed by atoms with E-state index in [0.29, 0.717) is 0 Å². The Hall–Kier alpha value is -3.68. The number of benzene rings is 1. The van der Waals surface area contributed by atoms with E-state index < -0.39 is 46.1 Å². The van der Waals surface area contributed by atoms with E-state index >= 15 is 0 Å². The van der Waals surface area contributed by atoms with Gasteiger partial charge in [0, 0.05) is 0 Å². The Kier molecular flexibility index (Phi) is 7.23. The Labute approximate surface area is 154 Å². The van der Waals surface area contributed by atoms with Crippen LogP contribution in [0.25, 0.3) is 0 Å². The summed E-state index contributed by atoms with van der Waals surface area (Å²) in [6, 6.07) is 0. The quantitative estimate of drug-likeness (QED) is 0.419. The lowest BCUT2D eigenvalue weighted by Crippen LogP contribution is -2.25. The van der Waals surface area contributed by atoms with Crippen molar-refractivity contribution in [3.63, 3.8) is 0 Å². The Morgan fingerprint density at radius 3 is 1.41 bits per heavy atom. The smallest absolute Gasteiger partial charge is 0.339 e. The van der Waals surface area contributed by atoms with Gasteiger partial charge in [-0.1, -0.05) is 24.8 Å². The summed E-state index contributed by atoms with van der Waals surface area (Å²) < 4.78 is 4.90. The Bertz CT molecular complexity index is 848. The number of ether oxygens (including phenoxy) is 1. The second-order valence-electron chi connectivity index (χ2n) is 5.25. The van der Waals surface area contributed by atoms with Gasteiger partial charge in [-0.15, -0.1) is 13.2 Å². The molecule has 27 heavy (non-hydrogen) atoms. The number of rotatable bonds is 10. The first-order valence-electron chi connectivity index (χ1n) is 7.64. The minimum Gasteiger partial charge on any atom is -0.478 e. The molecule has 0 aliphatic rings. The number of carbonyl (C=O) groups is 4. The summed E-state index contributed by atoms with van der Waals surface area (Å²) in [5.74, 6) is -5.96. The number of allylic oxidation sites excluding steroid dienone is 2. The van der Waals surface area contributed by atoms with Gasteiger partial charge in [0.25, 0.3) is 0 Å². The van der Waals surface area contributed by atoms with E-state index in [1.54, 1.807) is 0 Å². The molecule has 0 bridgehead atoms. The van der Waals surface area contributed by atoms with Crippen LogP contribution in [0.3, 0.4) is 0 Å². The maximum atomic E-state index is 12.5. The number of hydrogen-bond acceptors (Lipinski definition) is 5. The van der Waals surface area contributed by atoms with E-state index in [1.807, 2.05) is 0 Å². The molecular weight excluding hydrogens is 356 g/mol. The summed E-state index contributed by atoms with van der Waals surface area (Å²) in [6.45, 7) is 10.0. The van der Waals surface area contributed by atoms with Gasteiger partial charge >= 0.3 is 23.9 Å². The zero-order valence-electron chi connectivity index (χ0n) is 14.4. The van der Waals surface area contributed by atoms with Crippen molar-refractivity contribution in [1.82, 2.24) is 0 Å². The van der Waals surface area contributed by atoms with E-state index in [2.05, 4.69) is 19.7 Å². The molecule has 1 rings (SSSR count). The fourth-order valence-corrected chi connectivity index (χ4v) is 2.69. The maximum Gasteiger partial charge on any atom is 0.339 e. The largest absolute Gasteiger partial charge is 0.478 e. The normalized spacial score (nSPS) is 9.93. The number of hydrogen-bond donors (Lipinski definition) is 3. The molecule has 8 nitrogen and oxygen atoms in total. The number of carboxylic acids is 3. The molecule has 0 atom stereocenters. The first-order valence-corrected chi connectivity index (χ1v) is 7.64. The monoisotopic (exact) mass is 374 g/mol. The molecule has 0 heterocycles. The van der Waals surface area contributed by atoms with Crippen LogP contribution >= 0.6 is 0 Å².